The van der Waals surface area contributed by atoms with E-state index in [2.05, 4.69) is 93.7 Å². The summed E-state index contributed by atoms with van der Waals surface area (Å²) in [6.07, 6.45) is 64.8. The van der Waals surface area contributed by atoms with Gasteiger partial charge in [0.1, 0.15) is 6.61 Å². The minimum atomic E-state index is -0.550. The van der Waals surface area contributed by atoms with Gasteiger partial charge in [0.05, 0.1) is 6.61 Å². The molecule has 0 rings (SSSR count). The zero-order chi connectivity index (χ0) is 43.5. The number of esters is 2. The molecule has 0 aromatic rings. The van der Waals surface area contributed by atoms with Crippen LogP contribution >= 0.6 is 0 Å². The molecule has 0 heterocycles. The van der Waals surface area contributed by atoms with Crippen LogP contribution in [-0.2, 0) is 23.8 Å². The van der Waals surface area contributed by atoms with Gasteiger partial charge < -0.3 is 14.2 Å². The summed E-state index contributed by atoms with van der Waals surface area (Å²) < 4.78 is 17.4. The summed E-state index contributed by atoms with van der Waals surface area (Å²) in [5.41, 5.74) is 0. The summed E-state index contributed by atoms with van der Waals surface area (Å²) in [4.78, 5) is 25.3. The van der Waals surface area contributed by atoms with E-state index in [1.807, 2.05) is 0 Å². The van der Waals surface area contributed by atoms with Crippen molar-refractivity contribution in [3.8, 4) is 0 Å². The number of carbonyl (C=O) groups is 2. The quantitative estimate of drug-likeness (QED) is 0.0347. The van der Waals surface area contributed by atoms with Crippen LogP contribution in [0, 0.1) is 0 Å². The highest BCUT2D eigenvalue weighted by Gasteiger charge is 2.17. The van der Waals surface area contributed by atoms with Crippen LogP contribution in [0.15, 0.2) is 72.9 Å². The normalized spacial score (nSPS) is 12.8. The first-order chi connectivity index (χ1) is 29.6. The summed E-state index contributed by atoms with van der Waals surface area (Å²) in [6, 6.07) is 0. The highest BCUT2D eigenvalue weighted by molar-refractivity contribution is 5.70. The van der Waals surface area contributed by atoms with E-state index in [1.54, 1.807) is 0 Å². The molecule has 0 aromatic heterocycles. The van der Waals surface area contributed by atoms with Gasteiger partial charge in [-0.05, 0) is 103 Å². The van der Waals surface area contributed by atoms with Gasteiger partial charge in [0.2, 0.25) is 0 Å². The third-order valence-electron chi connectivity index (χ3n) is 10.7. The van der Waals surface area contributed by atoms with Crippen molar-refractivity contribution in [1.29, 1.82) is 0 Å². The Bertz CT molecular complexity index is 1080. The summed E-state index contributed by atoms with van der Waals surface area (Å²) >= 11 is 0. The Balaban J connectivity index is 4.27. The molecule has 0 N–H and O–H groups in total. The largest absolute Gasteiger partial charge is 0.462 e. The van der Waals surface area contributed by atoms with E-state index in [0.29, 0.717) is 19.4 Å². The lowest BCUT2D eigenvalue weighted by molar-refractivity contribution is -0.163. The van der Waals surface area contributed by atoms with E-state index in [-0.39, 0.29) is 25.2 Å². The fraction of sp³-hybridized carbons (Fsp3) is 0.745. The van der Waals surface area contributed by atoms with Gasteiger partial charge in [0, 0.05) is 19.4 Å². The van der Waals surface area contributed by atoms with Crippen LogP contribution in [0.4, 0.5) is 0 Å². The Morgan fingerprint density at radius 2 is 0.767 bits per heavy atom. The topological polar surface area (TPSA) is 61.8 Å². The smallest absolute Gasteiger partial charge is 0.306 e. The van der Waals surface area contributed by atoms with Gasteiger partial charge in [-0.2, -0.15) is 0 Å². The molecule has 1 atom stereocenters. The number of allylic oxidation sites excluding steroid dienone is 12. The van der Waals surface area contributed by atoms with E-state index in [4.69, 9.17) is 14.2 Å². The number of unbranched alkanes of at least 4 members (excludes halogenated alkanes) is 23. The van der Waals surface area contributed by atoms with Crippen LogP contribution < -0.4 is 0 Å². The van der Waals surface area contributed by atoms with Crippen molar-refractivity contribution in [1.82, 2.24) is 0 Å². The molecular formula is C55H96O5. The maximum absolute atomic E-state index is 12.7. The number of hydrogen-bond acceptors (Lipinski definition) is 5. The second-order valence-corrected chi connectivity index (χ2v) is 16.7. The number of hydrogen-bond donors (Lipinski definition) is 0. The Morgan fingerprint density at radius 3 is 1.27 bits per heavy atom. The molecule has 0 spiro atoms. The maximum atomic E-state index is 12.7. The number of ether oxygens (including phenoxy) is 3. The van der Waals surface area contributed by atoms with Gasteiger partial charge in [-0.1, -0.05) is 196 Å². The molecule has 0 radical (unpaired) electrons. The minimum absolute atomic E-state index is 0.0703. The molecule has 0 aliphatic heterocycles. The zero-order valence-corrected chi connectivity index (χ0v) is 39.7. The molecule has 346 valence electrons. The van der Waals surface area contributed by atoms with Crippen LogP contribution in [0.5, 0.6) is 0 Å². The van der Waals surface area contributed by atoms with E-state index in [1.165, 1.54) is 116 Å². The molecule has 0 bridgehead atoms. The molecule has 0 aliphatic carbocycles. The molecule has 5 nitrogen and oxygen atoms in total. The van der Waals surface area contributed by atoms with E-state index in [9.17, 15) is 9.59 Å². The lowest BCUT2D eigenvalue weighted by Gasteiger charge is -2.18. The summed E-state index contributed by atoms with van der Waals surface area (Å²) in [6.45, 7) is 7.64. The van der Waals surface area contributed by atoms with E-state index < -0.39 is 6.10 Å². The Hall–Kier alpha value is -2.66. The van der Waals surface area contributed by atoms with Gasteiger partial charge in [-0.3, -0.25) is 9.59 Å². The highest BCUT2D eigenvalue weighted by Crippen LogP contribution is 2.13. The maximum Gasteiger partial charge on any atom is 0.306 e. The van der Waals surface area contributed by atoms with Gasteiger partial charge in [-0.25, -0.2) is 0 Å². The summed E-state index contributed by atoms with van der Waals surface area (Å²) in [5, 5.41) is 0. The van der Waals surface area contributed by atoms with Crippen LogP contribution in [0.2, 0.25) is 0 Å². The predicted octanol–water partition coefficient (Wildman–Crippen LogP) is 17.1. The minimum Gasteiger partial charge on any atom is -0.462 e. The highest BCUT2D eigenvalue weighted by atomic mass is 16.6. The fourth-order valence-corrected chi connectivity index (χ4v) is 6.89. The van der Waals surface area contributed by atoms with E-state index in [0.717, 1.165) is 89.9 Å². The van der Waals surface area contributed by atoms with Crippen molar-refractivity contribution in [3.63, 3.8) is 0 Å². The molecule has 0 aliphatic rings. The summed E-state index contributed by atoms with van der Waals surface area (Å²) in [7, 11) is 0. The second kappa shape index (κ2) is 50.7. The lowest BCUT2D eigenvalue weighted by atomic mass is 10.1. The van der Waals surface area contributed by atoms with Gasteiger partial charge in [0.15, 0.2) is 6.10 Å². The Kier molecular flexibility index (Phi) is 48.4. The lowest BCUT2D eigenvalue weighted by Crippen LogP contribution is -2.30. The molecule has 0 fully saturated rings. The third kappa shape index (κ3) is 48.0. The zero-order valence-electron chi connectivity index (χ0n) is 39.7. The molecule has 0 saturated carbocycles. The molecule has 0 saturated heterocycles. The monoisotopic (exact) mass is 837 g/mol. The van der Waals surface area contributed by atoms with E-state index >= 15 is 0 Å². The van der Waals surface area contributed by atoms with Gasteiger partial charge in [0.25, 0.3) is 0 Å². The van der Waals surface area contributed by atoms with Crippen molar-refractivity contribution >= 4 is 11.9 Å². The van der Waals surface area contributed by atoms with Crippen molar-refractivity contribution < 1.29 is 23.8 Å². The van der Waals surface area contributed by atoms with Crippen molar-refractivity contribution in [3.05, 3.63) is 72.9 Å². The van der Waals surface area contributed by atoms with Crippen molar-refractivity contribution in [2.24, 2.45) is 0 Å². The standard InChI is InChI=1S/C55H96O5/c1-4-7-10-13-16-19-22-24-26-27-28-29-30-31-34-36-39-42-45-48-54(56)59-52-53(60-55(57)49-46-43-40-37-33-21-18-15-12-9-6-3)51-58-50-47-44-41-38-35-32-25-23-20-17-14-11-8-5-2/h7,10,15-16,18-20,23-24,26,28-29,53H,4-6,8-9,11-14,17,21-22,25,27,30-52H2,1-3H3/b10-7-,18-15-,19-16-,23-20-,26-24-,29-28-. The summed E-state index contributed by atoms with van der Waals surface area (Å²) in [5.74, 6) is -0.426. The predicted molar refractivity (Wildman–Crippen MR) is 260 cm³/mol. The SMILES string of the molecule is CC/C=C\C/C=C\C/C=C\C/C=C\CCCCCCCCC(=O)OCC(COCCCCCCCC/C=C\CCCCCC)OC(=O)CCCCCCC/C=C\CCCC. The molecule has 5 heteroatoms. The fourth-order valence-electron chi connectivity index (χ4n) is 6.89. The Morgan fingerprint density at radius 1 is 0.383 bits per heavy atom. The number of carbonyl (C=O) groups excluding carboxylic acids is 2. The first kappa shape index (κ1) is 57.3. The van der Waals surface area contributed by atoms with Crippen LogP contribution in [0.25, 0.3) is 0 Å². The third-order valence-corrected chi connectivity index (χ3v) is 10.7. The van der Waals surface area contributed by atoms with Gasteiger partial charge >= 0.3 is 11.9 Å². The van der Waals surface area contributed by atoms with Crippen molar-refractivity contribution in [2.75, 3.05) is 19.8 Å². The molecule has 0 aromatic carbocycles. The molecular weight excluding hydrogens is 741 g/mol. The average molecular weight is 837 g/mol. The van der Waals surface area contributed by atoms with Gasteiger partial charge in [-0.15, -0.1) is 0 Å². The second-order valence-electron chi connectivity index (χ2n) is 16.7. The first-order valence-corrected chi connectivity index (χ1v) is 25.5. The van der Waals surface area contributed by atoms with Crippen molar-refractivity contribution in [2.45, 2.75) is 245 Å². The molecule has 60 heavy (non-hydrogen) atoms. The average Bonchev–Trinajstić information content (AvgIpc) is 3.25. The Labute approximate surface area is 372 Å². The molecule has 1 unspecified atom stereocenters. The number of rotatable bonds is 46. The molecule has 0 amide bonds. The van der Waals surface area contributed by atoms with Crippen LogP contribution in [0.3, 0.4) is 0 Å². The van der Waals surface area contributed by atoms with Crippen LogP contribution in [-0.4, -0.2) is 37.9 Å². The van der Waals surface area contributed by atoms with Crippen LogP contribution in [0.1, 0.15) is 239 Å². The first-order valence-electron chi connectivity index (χ1n) is 25.5.